The van der Waals surface area contributed by atoms with Gasteiger partial charge in [-0.25, -0.2) is 0 Å². The monoisotopic (exact) mass is 200 g/mol. The second-order valence-electron chi connectivity index (χ2n) is 3.49. The first-order valence-corrected chi connectivity index (χ1v) is 4.71. The normalized spacial score (nSPS) is 12.6. The molecule has 0 saturated carbocycles. The van der Waals surface area contributed by atoms with E-state index in [1.54, 1.807) is 0 Å². The van der Waals surface area contributed by atoms with Crippen LogP contribution in [-0.4, -0.2) is 6.29 Å². The number of nitrogens with two attached hydrogens (primary N) is 2. The van der Waals surface area contributed by atoms with Crippen molar-refractivity contribution < 1.29 is 4.79 Å². The number of rotatable bonds is 2. The highest BCUT2D eigenvalue weighted by atomic mass is 16.1. The van der Waals surface area contributed by atoms with Crippen molar-refractivity contribution in [1.29, 1.82) is 0 Å². The smallest absolute Gasteiger partial charge is 0.141 e. The van der Waals surface area contributed by atoms with Crippen LogP contribution >= 0.6 is 0 Å². The lowest BCUT2D eigenvalue weighted by atomic mass is 10.0. The molecule has 0 amide bonds. The molecule has 2 aromatic rings. The van der Waals surface area contributed by atoms with Crippen molar-refractivity contribution in [2.75, 3.05) is 5.73 Å². The molecule has 3 heteroatoms. The molecule has 4 N–H and O–H groups in total. The molecule has 0 aliphatic rings. The molecule has 15 heavy (non-hydrogen) atoms. The van der Waals surface area contributed by atoms with Gasteiger partial charge in [0.25, 0.3) is 0 Å². The molecule has 0 aliphatic carbocycles. The van der Waals surface area contributed by atoms with Gasteiger partial charge in [0.2, 0.25) is 0 Å². The summed E-state index contributed by atoms with van der Waals surface area (Å²) in [6.45, 7) is 0. The fourth-order valence-electron chi connectivity index (χ4n) is 1.60. The lowest BCUT2D eigenvalue weighted by molar-refractivity contribution is -0.109. The van der Waals surface area contributed by atoms with E-state index < -0.39 is 6.04 Å². The van der Waals surface area contributed by atoms with Gasteiger partial charge in [-0.05, 0) is 23.1 Å². The van der Waals surface area contributed by atoms with Crippen molar-refractivity contribution >= 4 is 22.7 Å². The summed E-state index contributed by atoms with van der Waals surface area (Å²) in [5.41, 5.74) is 13.0. The maximum atomic E-state index is 10.6. The van der Waals surface area contributed by atoms with Crippen LogP contribution in [0.2, 0.25) is 0 Å². The van der Waals surface area contributed by atoms with E-state index in [1.165, 1.54) is 0 Å². The molecule has 0 bridgehead atoms. The van der Waals surface area contributed by atoms with Crippen LogP contribution in [0.25, 0.3) is 10.8 Å². The fourth-order valence-corrected chi connectivity index (χ4v) is 1.60. The Kier molecular flexibility index (Phi) is 2.39. The third kappa shape index (κ3) is 1.69. The molecule has 0 spiro atoms. The molecule has 2 aromatic carbocycles. The van der Waals surface area contributed by atoms with Gasteiger partial charge in [0.1, 0.15) is 6.29 Å². The number of aldehydes is 1. The minimum Gasteiger partial charge on any atom is -0.398 e. The van der Waals surface area contributed by atoms with Crippen LogP contribution in [0.3, 0.4) is 0 Å². The highest BCUT2D eigenvalue weighted by molar-refractivity contribution is 5.93. The third-order valence-electron chi connectivity index (χ3n) is 2.47. The Morgan fingerprint density at radius 1 is 1.20 bits per heavy atom. The number of nitrogen functional groups attached to an aromatic ring is 1. The second kappa shape index (κ2) is 3.71. The van der Waals surface area contributed by atoms with Crippen LogP contribution in [0, 0.1) is 0 Å². The van der Waals surface area contributed by atoms with Crippen molar-refractivity contribution in [3.05, 3.63) is 42.0 Å². The summed E-state index contributed by atoms with van der Waals surface area (Å²) in [6, 6.07) is 10.8. The summed E-state index contributed by atoms with van der Waals surface area (Å²) in [7, 11) is 0. The fraction of sp³-hybridized carbons (Fsp3) is 0.0833. The molecule has 1 unspecified atom stereocenters. The van der Waals surface area contributed by atoms with E-state index in [9.17, 15) is 4.79 Å². The molecule has 0 aliphatic heterocycles. The largest absolute Gasteiger partial charge is 0.398 e. The van der Waals surface area contributed by atoms with Gasteiger partial charge in [-0.15, -0.1) is 0 Å². The summed E-state index contributed by atoms with van der Waals surface area (Å²) in [6.07, 6.45) is 0.723. The van der Waals surface area contributed by atoms with E-state index in [4.69, 9.17) is 11.5 Å². The summed E-state index contributed by atoms with van der Waals surface area (Å²) >= 11 is 0. The van der Waals surface area contributed by atoms with Crippen molar-refractivity contribution in [2.24, 2.45) is 5.73 Å². The van der Waals surface area contributed by atoms with Crippen molar-refractivity contribution in [2.45, 2.75) is 6.04 Å². The number of hydrogen-bond donors (Lipinski definition) is 2. The molecule has 76 valence electrons. The first-order valence-electron chi connectivity index (χ1n) is 4.71. The van der Waals surface area contributed by atoms with Crippen molar-refractivity contribution in [1.82, 2.24) is 0 Å². The number of carbonyl (C=O) groups excluding carboxylic acids is 1. The van der Waals surface area contributed by atoms with E-state index in [1.807, 2.05) is 36.4 Å². The van der Waals surface area contributed by atoms with Gasteiger partial charge in [-0.3, -0.25) is 0 Å². The Balaban J connectivity index is 2.64. The SMILES string of the molecule is Nc1cccc2ccc(C(N)C=O)cc12. The zero-order chi connectivity index (χ0) is 10.8. The van der Waals surface area contributed by atoms with Crippen molar-refractivity contribution in [3.8, 4) is 0 Å². The predicted octanol–water partition coefficient (Wildman–Crippen LogP) is 1.62. The molecule has 2 rings (SSSR count). The van der Waals surface area contributed by atoms with Crippen LogP contribution in [0.15, 0.2) is 36.4 Å². The van der Waals surface area contributed by atoms with Gasteiger partial charge in [0.15, 0.2) is 0 Å². The summed E-state index contributed by atoms with van der Waals surface area (Å²) in [4.78, 5) is 10.6. The van der Waals surface area contributed by atoms with E-state index in [0.29, 0.717) is 5.69 Å². The second-order valence-corrected chi connectivity index (χ2v) is 3.49. The standard InChI is InChI=1S/C12H12N2O/c13-11-3-1-2-8-4-5-9(6-10(8)11)12(14)7-15/h1-7,12H,13-14H2. The molecule has 1 atom stereocenters. The highest BCUT2D eigenvalue weighted by Gasteiger charge is 2.05. The third-order valence-corrected chi connectivity index (χ3v) is 2.47. The molecular weight excluding hydrogens is 188 g/mol. The minimum atomic E-state index is -0.575. The van der Waals surface area contributed by atoms with Gasteiger partial charge in [-0.1, -0.05) is 24.3 Å². The van der Waals surface area contributed by atoms with E-state index in [0.717, 1.165) is 22.6 Å². The first kappa shape index (κ1) is 9.68. The van der Waals surface area contributed by atoms with Crippen LogP contribution < -0.4 is 11.5 Å². The van der Waals surface area contributed by atoms with Crippen molar-refractivity contribution in [3.63, 3.8) is 0 Å². The Hall–Kier alpha value is -1.87. The molecule has 0 aromatic heterocycles. The number of fused-ring (bicyclic) bond motifs is 1. The average Bonchev–Trinajstić information content (AvgIpc) is 2.28. The molecule has 3 nitrogen and oxygen atoms in total. The Bertz CT molecular complexity index is 508. The van der Waals surface area contributed by atoms with E-state index >= 15 is 0 Å². The molecular formula is C12H12N2O. The number of benzene rings is 2. The lowest BCUT2D eigenvalue weighted by Gasteiger charge is -2.07. The summed E-state index contributed by atoms with van der Waals surface area (Å²) < 4.78 is 0. The Morgan fingerprint density at radius 2 is 2.00 bits per heavy atom. The Morgan fingerprint density at radius 3 is 2.73 bits per heavy atom. The Labute approximate surface area is 87.7 Å². The number of anilines is 1. The molecule has 0 heterocycles. The van der Waals surface area contributed by atoms with Gasteiger partial charge >= 0.3 is 0 Å². The number of carbonyl (C=O) groups is 1. The van der Waals surface area contributed by atoms with E-state index in [2.05, 4.69) is 0 Å². The van der Waals surface area contributed by atoms with Gasteiger partial charge < -0.3 is 16.3 Å². The quantitative estimate of drug-likeness (QED) is 0.571. The zero-order valence-electron chi connectivity index (χ0n) is 8.18. The topological polar surface area (TPSA) is 69.1 Å². The van der Waals surface area contributed by atoms with Gasteiger partial charge in [0.05, 0.1) is 6.04 Å². The van der Waals surface area contributed by atoms with Crippen LogP contribution in [0.5, 0.6) is 0 Å². The summed E-state index contributed by atoms with van der Waals surface area (Å²) in [5.74, 6) is 0. The average molecular weight is 200 g/mol. The minimum absolute atomic E-state index is 0.575. The predicted molar refractivity (Wildman–Crippen MR) is 61.4 cm³/mol. The maximum Gasteiger partial charge on any atom is 0.141 e. The van der Waals surface area contributed by atoms with Crippen LogP contribution in [0.4, 0.5) is 5.69 Å². The molecule has 0 fully saturated rings. The highest BCUT2D eigenvalue weighted by Crippen LogP contribution is 2.23. The molecule has 0 radical (unpaired) electrons. The lowest BCUT2D eigenvalue weighted by Crippen LogP contribution is -2.11. The van der Waals surface area contributed by atoms with Gasteiger partial charge in [0, 0.05) is 11.1 Å². The van der Waals surface area contributed by atoms with Gasteiger partial charge in [-0.2, -0.15) is 0 Å². The zero-order valence-corrected chi connectivity index (χ0v) is 8.18. The molecule has 0 saturated heterocycles. The van der Waals surface area contributed by atoms with Crippen LogP contribution in [0.1, 0.15) is 11.6 Å². The van der Waals surface area contributed by atoms with E-state index in [-0.39, 0.29) is 0 Å². The summed E-state index contributed by atoms with van der Waals surface area (Å²) in [5, 5.41) is 1.99. The number of hydrogen-bond acceptors (Lipinski definition) is 3. The first-order chi connectivity index (χ1) is 7.22. The van der Waals surface area contributed by atoms with Crippen LogP contribution in [-0.2, 0) is 4.79 Å². The maximum absolute atomic E-state index is 10.6.